The number of hydrogen-bond donors (Lipinski definition) is 1. The second-order valence-corrected chi connectivity index (χ2v) is 7.22. The first-order chi connectivity index (χ1) is 12.6. The Morgan fingerprint density at radius 2 is 1.88 bits per heavy atom. The minimum Gasteiger partial charge on any atom is -0.399 e. The largest absolute Gasteiger partial charge is 0.399 e. The highest BCUT2D eigenvalue weighted by atomic mass is 16.2. The average molecular weight is 351 g/mol. The fourth-order valence-electron chi connectivity index (χ4n) is 3.72. The Morgan fingerprint density at radius 1 is 1.15 bits per heavy atom. The van der Waals surface area contributed by atoms with Crippen LogP contribution in [0.25, 0.3) is 0 Å². The second kappa shape index (κ2) is 8.86. The Kier molecular flexibility index (Phi) is 6.29. The van der Waals surface area contributed by atoms with Crippen LogP contribution in [0.1, 0.15) is 30.4 Å². The molecule has 0 radical (unpaired) electrons. The van der Waals surface area contributed by atoms with Crippen molar-refractivity contribution in [1.82, 2.24) is 9.80 Å². The zero-order chi connectivity index (χ0) is 18.4. The number of carbonyl (C=O) groups excluding carboxylic acids is 1. The van der Waals surface area contributed by atoms with E-state index in [-0.39, 0.29) is 5.91 Å². The molecule has 1 heterocycles. The number of anilines is 1. The van der Waals surface area contributed by atoms with Crippen molar-refractivity contribution in [2.45, 2.75) is 38.3 Å². The number of piperidine rings is 1. The summed E-state index contributed by atoms with van der Waals surface area (Å²) >= 11 is 0. The molecule has 4 heteroatoms. The molecule has 1 saturated heterocycles. The van der Waals surface area contributed by atoms with Gasteiger partial charge in [0.15, 0.2) is 0 Å². The number of para-hydroxylation sites is 1. The number of nitrogens with zero attached hydrogens (tertiary/aromatic N) is 2. The molecular formula is C22H29N3O. The molecule has 4 nitrogen and oxygen atoms in total. The lowest BCUT2D eigenvalue weighted by Gasteiger charge is -2.37. The number of hydrogen-bond acceptors (Lipinski definition) is 3. The van der Waals surface area contributed by atoms with E-state index in [0.29, 0.717) is 18.9 Å². The molecule has 1 aliphatic heterocycles. The fourth-order valence-corrected chi connectivity index (χ4v) is 3.72. The van der Waals surface area contributed by atoms with Crippen molar-refractivity contribution in [1.29, 1.82) is 0 Å². The third kappa shape index (κ3) is 4.85. The summed E-state index contributed by atoms with van der Waals surface area (Å²) in [4.78, 5) is 17.1. The molecule has 1 amide bonds. The van der Waals surface area contributed by atoms with E-state index in [0.717, 1.165) is 43.7 Å². The molecule has 138 valence electrons. The van der Waals surface area contributed by atoms with Crippen LogP contribution in [0.4, 0.5) is 5.69 Å². The topological polar surface area (TPSA) is 49.6 Å². The summed E-state index contributed by atoms with van der Waals surface area (Å²) in [7, 11) is 1.95. The lowest BCUT2D eigenvalue weighted by Crippen LogP contribution is -2.48. The Balaban J connectivity index is 1.52. The van der Waals surface area contributed by atoms with Crippen LogP contribution in [-0.4, -0.2) is 41.9 Å². The van der Waals surface area contributed by atoms with Crippen molar-refractivity contribution in [3.05, 3.63) is 65.7 Å². The van der Waals surface area contributed by atoms with E-state index in [1.165, 1.54) is 5.56 Å². The number of nitrogen functional groups attached to an aromatic ring is 1. The molecule has 2 N–H and O–H groups in total. The van der Waals surface area contributed by atoms with E-state index in [1.54, 1.807) is 0 Å². The van der Waals surface area contributed by atoms with Gasteiger partial charge in [-0.3, -0.25) is 9.69 Å². The Hall–Kier alpha value is -2.33. The van der Waals surface area contributed by atoms with Gasteiger partial charge in [0.05, 0.1) is 0 Å². The van der Waals surface area contributed by atoms with E-state index >= 15 is 0 Å². The number of rotatable bonds is 6. The van der Waals surface area contributed by atoms with Crippen LogP contribution in [0.5, 0.6) is 0 Å². The molecule has 0 saturated carbocycles. The van der Waals surface area contributed by atoms with Crippen LogP contribution in [0, 0.1) is 0 Å². The van der Waals surface area contributed by atoms with Gasteiger partial charge in [-0.2, -0.15) is 0 Å². The molecule has 1 aliphatic rings. The van der Waals surface area contributed by atoms with Crippen LogP contribution in [0.15, 0.2) is 54.6 Å². The lowest BCUT2D eigenvalue weighted by atomic mass is 10.0. The van der Waals surface area contributed by atoms with E-state index in [4.69, 9.17) is 5.73 Å². The van der Waals surface area contributed by atoms with E-state index in [2.05, 4.69) is 35.2 Å². The standard InChI is InChI=1S/C22H29N3O/c1-24(22(26)14-13-19-10-5-6-12-21(19)23)20-11-7-15-25(17-20)16-18-8-3-2-4-9-18/h2-6,8-10,12,20H,7,11,13-17,23H2,1H3. The molecular weight excluding hydrogens is 322 g/mol. The summed E-state index contributed by atoms with van der Waals surface area (Å²) in [6.07, 6.45) is 3.44. The molecule has 2 aromatic rings. The van der Waals surface area contributed by atoms with Crippen molar-refractivity contribution in [3.63, 3.8) is 0 Å². The van der Waals surface area contributed by atoms with Gasteiger partial charge in [-0.1, -0.05) is 48.5 Å². The molecule has 1 atom stereocenters. The third-order valence-electron chi connectivity index (χ3n) is 5.33. The SMILES string of the molecule is CN(C(=O)CCc1ccccc1N)C1CCCN(Cc2ccccc2)C1. The maximum Gasteiger partial charge on any atom is 0.222 e. The van der Waals surface area contributed by atoms with Crippen molar-refractivity contribution in [2.75, 3.05) is 25.9 Å². The molecule has 0 spiro atoms. The normalized spacial score (nSPS) is 17.8. The summed E-state index contributed by atoms with van der Waals surface area (Å²) in [6, 6.07) is 18.7. The fraction of sp³-hybridized carbons (Fsp3) is 0.409. The molecule has 26 heavy (non-hydrogen) atoms. The molecule has 0 bridgehead atoms. The Morgan fingerprint density at radius 3 is 2.65 bits per heavy atom. The van der Waals surface area contributed by atoms with Gasteiger partial charge < -0.3 is 10.6 Å². The van der Waals surface area contributed by atoms with E-state index < -0.39 is 0 Å². The highest BCUT2D eigenvalue weighted by Gasteiger charge is 2.25. The quantitative estimate of drug-likeness (QED) is 0.812. The number of aryl methyl sites for hydroxylation is 1. The number of benzene rings is 2. The number of nitrogens with two attached hydrogens (primary N) is 1. The van der Waals surface area contributed by atoms with Crippen LogP contribution in [0.3, 0.4) is 0 Å². The van der Waals surface area contributed by atoms with Gasteiger partial charge in [-0.15, -0.1) is 0 Å². The van der Waals surface area contributed by atoms with Crippen molar-refractivity contribution >= 4 is 11.6 Å². The third-order valence-corrected chi connectivity index (χ3v) is 5.33. The molecule has 2 aromatic carbocycles. The molecule has 3 rings (SSSR count). The van der Waals surface area contributed by atoms with Gasteiger partial charge in [0, 0.05) is 38.3 Å². The summed E-state index contributed by atoms with van der Waals surface area (Å²) in [5.74, 6) is 0.208. The first-order valence-electron chi connectivity index (χ1n) is 9.49. The molecule has 0 aliphatic carbocycles. The summed E-state index contributed by atoms with van der Waals surface area (Å²) in [5.41, 5.74) is 9.15. The number of carbonyl (C=O) groups is 1. The Labute approximate surface area is 156 Å². The Bertz CT molecular complexity index is 716. The van der Waals surface area contributed by atoms with Gasteiger partial charge >= 0.3 is 0 Å². The highest BCUT2D eigenvalue weighted by molar-refractivity contribution is 5.76. The van der Waals surface area contributed by atoms with Gasteiger partial charge in [0.2, 0.25) is 5.91 Å². The van der Waals surface area contributed by atoms with Crippen LogP contribution < -0.4 is 5.73 Å². The number of amides is 1. The van der Waals surface area contributed by atoms with Crippen LogP contribution in [0.2, 0.25) is 0 Å². The van der Waals surface area contributed by atoms with Gasteiger partial charge in [0.1, 0.15) is 0 Å². The van der Waals surface area contributed by atoms with Crippen molar-refractivity contribution in [2.24, 2.45) is 0 Å². The summed E-state index contributed by atoms with van der Waals surface area (Å²) in [6.45, 7) is 3.01. The zero-order valence-electron chi connectivity index (χ0n) is 15.6. The smallest absolute Gasteiger partial charge is 0.222 e. The van der Waals surface area contributed by atoms with Crippen molar-refractivity contribution < 1.29 is 4.79 Å². The predicted molar refractivity (Wildman–Crippen MR) is 107 cm³/mol. The van der Waals surface area contributed by atoms with E-state index in [9.17, 15) is 4.79 Å². The number of likely N-dealkylation sites (tertiary alicyclic amines) is 1. The van der Waals surface area contributed by atoms with Crippen LogP contribution >= 0.6 is 0 Å². The molecule has 1 unspecified atom stereocenters. The molecule has 0 aromatic heterocycles. The van der Waals surface area contributed by atoms with E-state index in [1.807, 2.05) is 36.2 Å². The maximum absolute atomic E-state index is 12.7. The molecule has 1 fully saturated rings. The van der Waals surface area contributed by atoms with Crippen LogP contribution in [-0.2, 0) is 17.8 Å². The predicted octanol–water partition coefficient (Wildman–Crippen LogP) is 3.32. The zero-order valence-corrected chi connectivity index (χ0v) is 15.6. The monoisotopic (exact) mass is 351 g/mol. The lowest BCUT2D eigenvalue weighted by molar-refractivity contribution is -0.133. The summed E-state index contributed by atoms with van der Waals surface area (Å²) < 4.78 is 0. The minimum atomic E-state index is 0.208. The first kappa shape index (κ1) is 18.5. The highest BCUT2D eigenvalue weighted by Crippen LogP contribution is 2.19. The van der Waals surface area contributed by atoms with Gasteiger partial charge in [-0.25, -0.2) is 0 Å². The number of likely N-dealkylation sites (N-methyl/N-ethyl adjacent to an activating group) is 1. The summed E-state index contributed by atoms with van der Waals surface area (Å²) in [5, 5.41) is 0. The maximum atomic E-state index is 12.7. The minimum absolute atomic E-state index is 0.208. The average Bonchev–Trinajstić information content (AvgIpc) is 2.67. The second-order valence-electron chi connectivity index (χ2n) is 7.22. The van der Waals surface area contributed by atoms with Gasteiger partial charge in [-0.05, 0) is 43.0 Å². The first-order valence-corrected chi connectivity index (χ1v) is 9.49. The van der Waals surface area contributed by atoms with Crippen molar-refractivity contribution in [3.8, 4) is 0 Å². The van der Waals surface area contributed by atoms with Gasteiger partial charge in [0.25, 0.3) is 0 Å².